The first-order valence-electron chi connectivity index (χ1n) is 5.31. The molecule has 2 aromatic rings. The van der Waals surface area contributed by atoms with Crippen molar-refractivity contribution in [1.82, 2.24) is 14.6 Å². The molecule has 2 aromatic heterocycles. The van der Waals surface area contributed by atoms with Gasteiger partial charge in [0.05, 0.1) is 0 Å². The van der Waals surface area contributed by atoms with Crippen LogP contribution in [-0.4, -0.2) is 14.6 Å². The minimum atomic E-state index is 0.0663. The summed E-state index contributed by atoms with van der Waals surface area (Å²) in [4.78, 5) is 11.4. The van der Waals surface area contributed by atoms with Gasteiger partial charge in [0, 0.05) is 24.2 Å². The molecule has 0 spiro atoms. The van der Waals surface area contributed by atoms with Gasteiger partial charge in [0.25, 0.3) is 0 Å². The Labute approximate surface area is 86.9 Å². The van der Waals surface area contributed by atoms with Crippen LogP contribution in [0.3, 0.4) is 0 Å². The molecule has 0 saturated heterocycles. The molecule has 0 amide bonds. The van der Waals surface area contributed by atoms with Crippen LogP contribution < -0.4 is 5.43 Å². The molecule has 1 N–H and O–H groups in total. The predicted octanol–water partition coefficient (Wildman–Crippen LogP) is 1.28. The van der Waals surface area contributed by atoms with Crippen molar-refractivity contribution in [3.8, 4) is 0 Å². The summed E-state index contributed by atoms with van der Waals surface area (Å²) in [7, 11) is 0. The first kappa shape index (κ1) is 8.71. The number of rotatable bonds is 2. The Morgan fingerprint density at radius 1 is 1.60 bits per heavy atom. The van der Waals surface area contributed by atoms with Crippen LogP contribution in [0.15, 0.2) is 17.1 Å². The number of nitrogens with one attached hydrogen (secondary N) is 1. The van der Waals surface area contributed by atoms with E-state index < -0.39 is 0 Å². The molecule has 2 heterocycles. The summed E-state index contributed by atoms with van der Waals surface area (Å²) in [5, 5.41) is 7.22. The summed E-state index contributed by atoms with van der Waals surface area (Å²) in [5.74, 6) is 1.84. The third-order valence-electron chi connectivity index (χ3n) is 3.08. The molecule has 0 unspecified atom stereocenters. The Hall–Kier alpha value is -1.58. The normalized spacial score (nSPS) is 16.1. The lowest BCUT2D eigenvalue weighted by molar-refractivity contribution is 0.757. The quantitative estimate of drug-likeness (QED) is 0.799. The van der Waals surface area contributed by atoms with Crippen molar-refractivity contribution in [2.45, 2.75) is 26.2 Å². The molecule has 0 bridgehead atoms. The molecule has 78 valence electrons. The lowest BCUT2D eigenvalue weighted by atomic mass is 10.2. The van der Waals surface area contributed by atoms with Crippen LogP contribution in [0.5, 0.6) is 0 Å². The molecule has 0 radical (unpaired) electrons. The first-order chi connectivity index (χ1) is 7.25. The van der Waals surface area contributed by atoms with Gasteiger partial charge in [-0.3, -0.25) is 14.3 Å². The summed E-state index contributed by atoms with van der Waals surface area (Å²) in [6.07, 6.45) is 5.45. The number of aryl methyl sites for hydroxylation is 1. The number of nitrogens with zero attached hydrogens (tertiary/aromatic N) is 2. The molecule has 0 atom stereocenters. The van der Waals surface area contributed by atoms with Crippen molar-refractivity contribution < 1.29 is 0 Å². The molecule has 1 fully saturated rings. The molecule has 4 nitrogen and oxygen atoms in total. The number of H-pyrrole nitrogens is 1. The highest BCUT2D eigenvalue weighted by Gasteiger charge is 2.23. The Kier molecular flexibility index (Phi) is 1.71. The van der Waals surface area contributed by atoms with Gasteiger partial charge < -0.3 is 0 Å². The van der Waals surface area contributed by atoms with Crippen molar-refractivity contribution >= 4 is 5.65 Å². The van der Waals surface area contributed by atoms with Gasteiger partial charge in [0.2, 0.25) is 0 Å². The first-order valence-corrected chi connectivity index (χ1v) is 5.31. The van der Waals surface area contributed by atoms with Crippen molar-refractivity contribution in [2.75, 3.05) is 0 Å². The zero-order valence-corrected chi connectivity index (χ0v) is 8.66. The van der Waals surface area contributed by atoms with Gasteiger partial charge in [0.1, 0.15) is 11.5 Å². The van der Waals surface area contributed by atoms with E-state index in [-0.39, 0.29) is 5.43 Å². The maximum absolute atomic E-state index is 11.4. The van der Waals surface area contributed by atoms with Crippen molar-refractivity contribution in [1.29, 1.82) is 0 Å². The average Bonchev–Trinajstić information content (AvgIpc) is 2.93. The van der Waals surface area contributed by atoms with Crippen LogP contribution in [0.1, 0.15) is 24.2 Å². The van der Waals surface area contributed by atoms with Gasteiger partial charge in [0.15, 0.2) is 5.43 Å². The number of aromatic nitrogens is 3. The lowest BCUT2D eigenvalue weighted by Gasteiger charge is -1.99. The molecular weight excluding hydrogens is 190 g/mol. The van der Waals surface area contributed by atoms with E-state index in [2.05, 4.69) is 10.2 Å². The summed E-state index contributed by atoms with van der Waals surface area (Å²) in [5.41, 5.74) is 1.64. The molecule has 4 heteroatoms. The average molecular weight is 203 g/mol. The van der Waals surface area contributed by atoms with Crippen LogP contribution in [0.4, 0.5) is 0 Å². The highest BCUT2D eigenvalue weighted by atomic mass is 16.1. The molecule has 0 aromatic carbocycles. The summed E-state index contributed by atoms with van der Waals surface area (Å²) in [6.45, 7) is 1.83. The van der Waals surface area contributed by atoms with Crippen molar-refractivity contribution in [2.24, 2.45) is 5.92 Å². The van der Waals surface area contributed by atoms with Gasteiger partial charge in [-0.25, -0.2) is 0 Å². The number of hydrogen-bond donors (Lipinski definition) is 1. The lowest BCUT2D eigenvalue weighted by Crippen LogP contribution is -2.07. The van der Waals surface area contributed by atoms with Gasteiger partial charge in [-0.1, -0.05) is 0 Å². The van der Waals surface area contributed by atoms with E-state index in [0.717, 1.165) is 29.4 Å². The van der Waals surface area contributed by atoms with Gasteiger partial charge in [-0.05, 0) is 25.7 Å². The van der Waals surface area contributed by atoms with Crippen LogP contribution in [0.2, 0.25) is 0 Å². The fraction of sp³-hybridized carbons (Fsp3) is 0.455. The smallest absolute Gasteiger partial charge is 0.186 e. The summed E-state index contributed by atoms with van der Waals surface area (Å²) in [6, 6.07) is 1.61. The Balaban J connectivity index is 2.16. The third kappa shape index (κ3) is 1.37. The van der Waals surface area contributed by atoms with Crippen LogP contribution in [0.25, 0.3) is 5.65 Å². The highest BCUT2D eigenvalue weighted by molar-refractivity contribution is 5.46. The van der Waals surface area contributed by atoms with E-state index in [0.29, 0.717) is 0 Å². The number of aromatic amines is 1. The van der Waals surface area contributed by atoms with Gasteiger partial charge in [-0.2, -0.15) is 5.10 Å². The maximum Gasteiger partial charge on any atom is 0.186 e. The van der Waals surface area contributed by atoms with E-state index in [4.69, 9.17) is 0 Å². The van der Waals surface area contributed by atoms with Crippen molar-refractivity contribution in [3.05, 3.63) is 33.9 Å². The van der Waals surface area contributed by atoms with E-state index in [1.165, 1.54) is 12.8 Å². The summed E-state index contributed by atoms with van der Waals surface area (Å²) < 4.78 is 2.00. The van der Waals surface area contributed by atoms with E-state index in [1.807, 2.05) is 17.5 Å². The SMILES string of the molecule is Cc1c(=O)ccn2c(CC3CC3)n[nH]c12. The van der Waals surface area contributed by atoms with E-state index >= 15 is 0 Å². The number of pyridine rings is 1. The number of hydrogen-bond acceptors (Lipinski definition) is 2. The zero-order valence-electron chi connectivity index (χ0n) is 8.66. The summed E-state index contributed by atoms with van der Waals surface area (Å²) >= 11 is 0. The Morgan fingerprint density at radius 3 is 3.13 bits per heavy atom. The van der Waals surface area contributed by atoms with Crippen LogP contribution >= 0.6 is 0 Å². The second-order valence-corrected chi connectivity index (χ2v) is 4.31. The minimum absolute atomic E-state index is 0.0663. The minimum Gasteiger partial charge on any atom is -0.289 e. The Bertz CT molecular complexity index is 563. The third-order valence-corrected chi connectivity index (χ3v) is 3.08. The molecule has 15 heavy (non-hydrogen) atoms. The zero-order chi connectivity index (χ0) is 10.4. The van der Waals surface area contributed by atoms with E-state index in [1.54, 1.807) is 6.07 Å². The van der Waals surface area contributed by atoms with Crippen LogP contribution in [0, 0.1) is 12.8 Å². The fourth-order valence-electron chi connectivity index (χ4n) is 1.89. The molecular formula is C11H13N3O. The van der Waals surface area contributed by atoms with Crippen LogP contribution in [-0.2, 0) is 6.42 Å². The number of fused-ring (bicyclic) bond motifs is 1. The maximum atomic E-state index is 11.4. The molecule has 3 rings (SSSR count). The van der Waals surface area contributed by atoms with Crippen molar-refractivity contribution in [3.63, 3.8) is 0 Å². The molecule has 1 aliphatic carbocycles. The molecule has 1 saturated carbocycles. The predicted molar refractivity (Wildman–Crippen MR) is 57.0 cm³/mol. The standard InChI is InChI=1S/C11H13N3O/c1-7-9(15)4-5-14-10(6-8-2-3-8)12-13-11(7)14/h4-5,8,13H,2-3,6H2,1H3. The molecule has 0 aliphatic heterocycles. The second-order valence-electron chi connectivity index (χ2n) is 4.31. The Morgan fingerprint density at radius 2 is 2.40 bits per heavy atom. The molecule has 1 aliphatic rings. The second kappa shape index (κ2) is 2.95. The van der Waals surface area contributed by atoms with E-state index in [9.17, 15) is 4.79 Å². The fourth-order valence-corrected chi connectivity index (χ4v) is 1.89. The van der Waals surface area contributed by atoms with Gasteiger partial charge >= 0.3 is 0 Å². The topological polar surface area (TPSA) is 50.2 Å². The largest absolute Gasteiger partial charge is 0.289 e. The monoisotopic (exact) mass is 203 g/mol. The highest BCUT2D eigenvalue weighted by Crippen LogP contribution is 2.32. The van der Waals surface area contributed by atoms with Gasteiger partial charge in [-0.15, -0.1) is 0 Å².